The molecule has 1 aliphatic heterocycles. The molecule has 136 valence electrons. The molecule has 4 rings (SSSR count). The van der Waals surface area contributed by atoms with Crippen molar-refractivity contribution in [2.75, 3.05) is 32.7 Å². The van der Waals surface area contributed by atoms with Crippen molar-refractivity contribution >= 4 is 10.9 Å². The molecule has 5 heteroatoms. The Balaban J connectivity index is 1.27. The average molecular weight is 355 g/mol. The van der Waals surface area contributed by atoms with Gasteiger partial charge in [0, 0.05) is 56.4 Å². The maximum atomic E-state index is 13.3. The summed E-state index contributed by atoms with van der Waals surface area (Å²) in [5.74, 6) is -1.55. The van der Waals surface area contributed by atoms with E-state index in [1.165, 1.54) is 28.6 Å². The van der Waals surface area contributed by atoms with Gasteiger partial charge in [-0.2, -0.15) is 0 Å². The second kappa shape index (κ2) is 7.56. The number of piperazine rings is 1. The fourth-order valence-corrected chi connectivity index (χ4v) is 3.68. The van der Waals surface area contributed by atoms with E-state index in [1.807, 2.05) is 0 Å². The molecule has 26 heavy (non-hydrogen) atoms. The zero-order chi connectivity index (χ0) is 17.9. The van der Waals surface area contributed by atoms with Crippen LogP contribution in [0.15, 0.2) is 48.7 Å². The number of aromatic amines is 1. The third-order valence-corrected chi connectivity index (χ3v) is 5.23. The minimum atomic E-state index is -0.782. The smallest absolute Gasteiger partial charge is 0.159 e. The van der Waals surface area contributed by atoms with Crippen molar-refractivity contribution < 1.29 is 8.78 Å². The molecular formula is C21H23F2N3. The molecule has 2 aromatic carbocycles. The number of para-hydroxylation sites is 1. The highest BCUT2D eigenvalue weighted by atomic mass is 19.2. The monoisotopic (exact) mass is 355 g/mol. The largest absolute Gasteiger partial charge is 0.361 e. The van der Waals surface area contributed by atoms with E-state index in [0.29, 0.717) is 6.54 Å². The van der Waals surface area contributed by atoms with Crippen LogP contribution in [0, 0.1) is 11.6 Å². The van der Waals surface area contributed by atoms with Crippen LogP contribution in [0.25, 0.3) is 10.9 Å². The lowest BCUT2D eigenvalue weighted by molar-refractivity contribution is 0.128. The highest BCUT2D eigenvalue weighted by Crippen LogP contribution is 2.19. The standard InChI is InChI=1S/C21H23F2N3/c22-19-6-5-16(13-20(19)23)15-26-11-9-25(10-12-26)8-7-17-14-24-21-4-2-1-3-18(17)21/h1-6,13-14,24H,7-12,15H2. The van der Waals surface area contributed by atoms with Crippen LogP contribution >= 0.6 is 0 Å². The van der Waals surface area contributed by atoms with Gasteiger partial charge in [0.05, 0.1) is 0 Å². The van der Waals surface area contributed by atoms with E-state index in [4.69, 9.17) is 0 Å². The summed E-state index contributed by atoms with van der Waals surface area (Å²) >= 11 is 0. The van der Waals surface area contributed by atoms with Crippen LogP contribution in [0.4, 0.5) is 8.78 Å². The number of rotatable bonds is 5. The van der Waals surface area contributed by atoms with Crippen LogP contribution in [0.2, 0.25) is 0 Å². The molecule has 0 amide bonds. The summed E-state index contributed by atoms with van der Waals surface area (Å²) in [5.41, 5.74) is 3.39. The Morgan fingerprint density at radius 3 is 2.46 bits per heavy atom. The van der Waals surface area contributed by atoms with E-state index in [0.717, 1.165) is 44.7 Å². The molecule has 0 spiro atoms. The van der Waals surface area contributed by atoms with Gasteiger partial charge in [-0.05, 0) is 35.7 Å². The second-order valence-electron chi connectivity index (χ2n) is 6.98. The lowest BCUT2D eigenvalue weighted by Gasteiger charge is -2.34. The molecule has 1 N–H and O–H groups in total. The van der Waals surface area contributed by atoms with E-state index >= 15 is 0 Å². The molecule has 1 fully saturated rings. The van der Waals surface area contributed by atoms with Crippen molar-refractivity contribution in [3.8, 4) is 0 Å². The molecule has 3 nitrogen and oxygen atoms in total. The number of hydrogen-bond donors (Lipinski definition) is 1. The van der Waals surface area contributed by atoms with Crippen LogP contribution in [-0.4, -0.2) is 47.5 Å². The molecule has 0 bridgehead atoms. The molecule has 0 radical (unpaired) electrons. The number of nitrogens with zero attached hydrogens (tertiary/aromatic N) is 2. The van der Waals surface area contributed by atoms with Crippen molar-refractivity contribution in [1.29, 1.82) is 0 Å². The first kappa shape index (κ1) is 17.2. The highest BCUT2D eigenvalue weighted by Gasteiger charge is 2.17. The van der Waals surface area contributed by atoms with Gasteiger partial charge in [-0.1, -0.05) is 24.3 Å². The first-order valence-electron chi connectivity index (χ1n) is 9.13. The lowest BCUT2D eigenvalue weighted by atomic mass is 10.1. The number of halogens is 2. The predicted molar refractivity (Wildman–Crippen MR) is 100 cm³/mol. The van der Waals surface area contributed by atoms with E-state index in [9.17, 15) is 8.78 Å². The number of aromatic nitrogens is 1. The van der Waals surface area contributed by atoms with Gasteiger partial charge < -0.3 is 9.88 Å². The van der Waals surface area contributed by atoms with E-state index in [-0.39, 0.29) is 0 Å². The van der Waals surface area contributed by atoms with Gasteiger partial charge >= 0.3 is 0 Å². The molecule has 1 aromatic heterocycles. The summed E-state index contributed by atoms with van der Waals surface area (Å²) in [6.07, 6.45) is 3.15. The summed E-state index contributed by atoms with van der Waals surface area (Å²) in [7, 11) is 0. The average Bonchev–Trinajstić information content (AvgIpc) is 3.07. The van der Waals surface area contributed by atoms with Crippen molar-refractivity contribution in [2.24, 2.45) is 0 Å². The zero-order valence-corrected chi connectivity index (χ0v) is 14.7. The topological polar surface area (TPSA) is 22.3 Å². The van der Waals surface area contributed by atoms with Gasteiger partial charge in [0.15, 0.2) is 11.6 Å². The fraction of sp³-hybridized carbons (Fsp3) is 0.333. The lowest BCUT2D eigenvalue weighted by Crippen LogP contribution is -2.46. The first-order chi connectivity index (χ1) is 12.7. The number of hydrogen-bond acceptors (Lipinski definition) is 2. The Bertz CT molecular complexity index is 882. The van der Waals surface area contributed by atoms with E-state index in [2.05, 4.69) is 45.2 Å². The Morgan fingerprint density at radius 2 is 1.65 bits per heavy atom. The summed E-state index contributed by atoms with van der Waals surface area (Å²) in [6.45, 7) is 5.63. The molecule has 0 aliphatic carbocycles. The number of fused-ring (bicyclic) bond motifs is 1. The molecule has 0 saturated carbocycles. The summed E-state index contributed by atoms with van der Waals surface area (Å²) < 4.78 is 26.4. The van der Waals surface area contributed by atoms with Crippen molar-refractivity contribution in [3.05, 3.63) is 71.4 Å². The Morgan fingerprint density at radius 1 is 0.885 bits per heavy atom. The van der Waals surface area contributed by atoms with Crippen molar-refractivity contribution in [3.63, 3.8) is 0 Å². The highest BCUT2D eigenvalue weighted by molar-refractivity contribution is 5.83. The third kappa shape index (κ3) is 3.79. The molecule has 0 atom stereocenters. The van der Waals surface area contributed by atoms with E-state index < -0.39 is 11.6 Å². The molecule has 3 aromatic rings. The third-order valence-electron chi connectivity index (χ3n) is 5.23. The molecular weight excluding hydrogens is 332 g/mol. The molecule has 1 aliphatic rings. The van der Waals surface area contributed by atoms with Crippen LogP contribution in [0.5, 0.6) is 0 Å². The van der Waals surface area contributed by atoms with Gasteiger partial charge in [-0.3, -0.25) is 4.90 Å². The van der Waals surface area contributed by atoms with Crippen LogP contribution in [0.3, 0.4) is 0 Å². The minimum Gasteiger partial charge on any atom is -0.361 e. The van der Waals surface area contributed by atoms with Crippen LogP contribution in [0.1, 0.15) is 11.1 Å². The number of nitrogens with one attached hydrogen (secondary N) is 1. The molecule has 2 heterocycles. The molecule has 0 unspecified atom stereocenters. The van der Waals surface area contributed by atoms with E-state index in [1.54, 1.807) is 6.07 Å². The molecule has 1 saturated heterocycles. The SMILES string of the molecule is Fc1ccc(CN2CCN(CCc3c[nH]c4ccccc34)CC2)cc1F. The normalized spacial score (nSPS) is 16.4. The summed E-state index contributed by atoms with van der Waals surface area (Å²) in [6, 6.07) is 12.6. The minimum absolute atomic E-state index is 0.674. The van der Waals surface area contributed by atoms with Crippen molar-refractivity contribution in [2.45, 2.75) is 13.0 Å². The van der Waals surface area contributed by atoms with Crippen LogP contribution < -0.4 is 0 Å². The summed E-state index contributed by atoms with van der Waals surface area (Å²) in [5, 5.41) is 1.31. The zero-order valence-electron chi connectivity index (χ0n) is 14.7. The van der Waals surface area contributed by atoms with Gasteiger partial charge in [0.2, 0.25) is 0 Å². The second-order valence-corrected chi connectivity index (χ2v) is 6.98. The number of benzene rings is 2. The first-order valence-corrected chi connectivity index (χ1v) is 9.13. The fourth-order valence-electron chi connectivity index (χ4n) is 3.68. The Hall–Kier alpha value is -2.24. The maximum absolute atomic E-state index is 13.3. The maximum Gasteiger partial charge on any atom is 0.159 e. The number of H-pyrrole nitrogens is 1. The van der Waals surface area contributed by atoms with Gasteiger partial charge in [-0.25, -0.2) is 8.78 Å². The summed E-state index contributed by atoms with van der Waals surface area (Å²) in [4.78, 5) is 8.11. The quantitative estimate of drug-likeness (QED) is 0.752. The van der Waals surface area contributed by atoms with Gasteiger partial charge in [0.1, 0.15) is 0 Å². The predicted octanol–water partition coefficient (Wildman–Crippen LogP) is 3.81. The Labute approximate surface area is 152 Å². The van der Waals surface area contributed by atoms with Crippen molar-refractivity contribution in [1.82, 2.24) is 14.8 Å². The van der Waals surface area contributed by atoms with Gasteiger partial charge in [-0.15, -0.1) is 0 Å². The van der Waals surface area contributed by atoms with Crippen LogP contribution in [-0.2, 0) is 13.0 Å². The van der Waals surface area contributed by atoms with Gasteiger partial charge in [0.25, 0.3) is 0 Å². The Kier molecular flexibility index (Phi) is 5.00.